The smallest absolute Gasteiger partial charge is 0.424 e. The Morgan fingerprint density at radius 3 is 2.50 bits per heavy atom. The molecule has 2 amide bonds. The van der Waals surface area contributed by atoms with E-state index in [0.29, 0.717) is 6.42 Å². The number of ether oxygens (including phenoxy) is 1. The molecule has 0 spiro atoms. The molecule has 0 aromatic heterocycles. The zero-order valence-electron chi connectivity index (χ0n) is 11.7. The van der Waals surface area contributed by atoms with Crippen LogP contribution in [0.3, 0.4) is 0 Å². The molecular formula is C12H23N3O3. The largest absolute Gasteiger partial charge is 0.443 e. The second-order valence-corrected chi connectivity index (χ2v) is 6.41. The molecule has 6 nitrogen and oxygen atoms in total. The molecular weight excluding hydrogens is 234 g/mol. The van der Waals surface area contributed by atoms with Crippen molar-refractivity contribution in [3.63, 3.8) is 0 Å². The number of nitrogens with two attached hydrogens (primary N) is 1. The Morgan fingerprint density at radius 1 is 1.56 bits per heavy atom. The maximum atomic E-state index is 11.7. The maximum Gasteiger partial charge on any atom is 0.424 e. The summed E-state index contributed by atoms with van der Waals surface area (Å²) in [6.45, 7) is 9.36. The SMILES string of the molecule is CC1(C)CC(CN(N)C(=O)OC(C)(C)C)C(=O)N1. The van der Waals surface area contributed by atoms with Gasteiger partial charge in [-0.05, 0) is 41.0 Å². The maximum absolute atomic E-state index is 11.7. The number of carbonyl (C=O) groups is 2. The fourth-order valence-corrected chi connectivity index (χ4v) is 1.98. The summed E-state index contributed by atoms with van der Waals surface area (Å²) < 4.78 is 5.13. The lowest BCUT2D eigenvalue weighted by Crippen LogP contribution is -2.45. The first-order valence-electron chi connectivity index (χ1n) is 6.07. The van der Waals surface area contributed by atoms with Gasteiger partial charge in [-0.15, -0.1) is 0 Å². The van der Waals surface area contributed by atoms with E-state index in [9.17, 15) is 9.59 Å². The molecule has 1 heterocycles. The number of nitrogens with zero attached hydrogens (tertiary/aromatic N) is 1. The molecule has 0 bridgehead atoms. The second-order valence-electron chi connectivity index (χ2n) is 6.41. The molecule has 6 heteroatoms. The summed E-state index contributed by atoms with van der Waals surface area (Å²) in [4.78, 5) is 23.3. The van der Waals surface area contributed by atoms with E-state index >= 15 is 0 Å². The van der Waals surface area contributed by atoms with E-state index in [4.69, 9.17) is 10.6 Å². The van der Waals surface area contributed by atoms with Crippen LogP contribution in [-0.4, -0.2) is 34.7 Å². The van der Waals surface area contributed by atoms with Gasteiger partial charge in [-0.3, -0.25) is 4.79 Å². The lowest BCUT2D eigenvalue weighted by Gasteiger charge is -2.25. The van der Waals surface area contributed by atoms with Gasteiger partial charge in [0.25, 0.3) is 0 Å². The lowest BCUT2D eigenvalue weighted by atomic mass is 9.97. The molecule has 18 heavy (non-hydrogen) atoms. The van der Waals surface area contributed by atoms with E-state index in [1.165, 1.54) is 0 Å². The molecule has 0 aromatic rings. The number of hydrogen-bond donors (Lipinski definition) is 2. The summed E-state index contributed by atoms with van der Waals surface area (Å²) in [6.07, 6.45) is 0.0440. The van der Waals surface area contributed by atoms with Gasteiger partial charge in [-0.2, -0.15) is 0 Å². The number of nitrogens with one attached hydrogen (secondary N) is 1. The molecule has 0 aromatic carbocycles. The highest BCUT2D eigenvalue weighted by Crippen LogP contribution is 2.24. The van der Waals surface area contributed by atoms with Crippen LogP contribution in [0.4, 0.5) is 4.79 Å². The summed E-state index contributed by atoms with van der Waals surface area (Å²) in [6, 6.07) is 0. The summed E-state index contributed by atoms with van der Waals surface area (Å²) in [5.74, 6) is 5.28. The van der Waals surface area contributed by atoms with E-state index in [2.05, 4.69) is 5.32 Å². The van der Waals surface area contributed by atoms with Gasteiger partial charge >= 0.3 is 6.09 Å². The number of hydrazine groups is 1. The van der Waals surface area contributed by atoms with Crippen LogP contribution in [0, 0.1) is 5.92 Å². The van der Waals surface area contributed by atoms with Crippen molar-refractivity contribution >= 4 is 12.0 Å². The first-order valence-corrected chi connectivity index (χ1v) is 6.07. The molecule has 0 radical (unpaired) electrons. The Morgan fingerprint density at radius 2 is 2.11 bits per heavy atom. The molecule has 0 aliphatic carbocycles. The van der Waals surface area contributed by atoms with Crippen molar-refractivity contribution in [2.45, 2.75) is 52.2 Å². The molecule has 1 atom stereocenters. The molecule has 1 rings (SSSR count). The number of rotatable bonds is 2. The Hall–Kier alpha value is -1.30. The van der Waals surface area contributed by atoms with Gasteiger partial charge < -0.3 is 10.1 Å². The molecule has 0 saturated carbocycles. The van der Waals surface area contributed by atoms with Crippen LogP contribution < -0.4 is 11.2 Å². The van der Waals surface area contributed by atoms with Crippen LogP contribution in [0.5, 0.6) is 0 Å². The van der Waals surface area contributed by atoms with E-state index in [-0.39, 0.29) is 23.9 Å². The van der Waals surface area contributed by atoms with Gasteiger partial charge in [0, 0.05) is 5.54 Å². The third-order valence-electron chi connectivity index (χ3n) is 2.63. The van der Waals surface area contributed by atoms with Gasteiger partial charge in [-0.1, -0.05) is 0 Å². The predicted octanol–water partition coefficient (Wildman–Crippen LogP) is 1.01. The van der Waals surface area contributed by atoms with Crippen LogP contribution in [0.15, 0.2) is 0 Å². The van der Waals surface area contributed by atoms with Gasteiger partial charge in [0.15, 0.2) is 0 Å². The summed E-state index contributed by atoms with van der Waals surface area (Å²) in [5, 5.41) is 3.83. The minimum Gasteiger partial charge on any atom is -0.443 e. The van der Waals surface area contributed by atoms with Crippen molar-refractivity contribution < 1.29 is 14.3 Å². The van der Waals surface area contributed by atoms with Crippen molar-refractivity contribution in [3.8, 4) is 0 Å². The van der Waals surface area contributed by atoms with Crippen molar-refractivity contribution in [2.24, 2.45) is 11.8 Å². The van der Waals surface area contributed by atoms with Crippen LogP contribution >= 0.6 is 0 Å². The fraction of sp³-hybridized carbons (Fsp3) is 0.833. The Kier molecular flexibility index (Phi) is 3.90. The Balaban J connectivity index is 2.53. The zero-order chi connectivity index (χ0) is 14.1. The quantitative estimate of drug-likeness (QED) is 0.439. The standard InChI is InChI=1S/C12H23N3O3/c1-11(2,3)18-10(17)15(13)7-8-6-12(4,5)14-9(8)16/h8H,6-7,13H2,1-5H3,(H,14,16). The molecule has 3 N–H and O–H groups in total. The van der Waals surface area contributed by atoms with Gasteiger partial charge in [0.2, 0.25) is 5.91 Å². The third-order valence-corrected chi connectivity index (χ3v) is 2.63. The highest BCUT2D eigenvalue weighted by molar-refractivity contribution is 5.82. The minimum atomic E-state index is -0.611. The first kappa shape index (κ1) is 14.8. The van der Waals surface area contributed by atoms with Crippen LogP contribution in [-0.2, 0) is 9.53 Å². The van der Waals surface area contributed by atoms with Crippen molar-refractivity contribution in [1.29, 1.82) is 0 Å². The minimum absolute atomic E-state index is 0.0704. The normalized spacial score (nSPS) is 22.6. The van der Waals surface area contributed by atoms with Crippen LogP contribution in [0.25, 0.3) is 0 Å². The summed E-state index contributed by atoms with van der Waals surface area (Å²) in [7, 11) is 0. The average Bonchev–Trinajstić information content (AvgIpc) is 2.36. The summed E-state index contributed by atoms with van der Waals surface area (Å²) in [5.41, 5.74) is -0.831. The highest BCUT2D eigenvalue weighted by atomic mass is 16.6. The lowest BCUT2D eigenvalue weighted by molar-refractivity contribution is -0.123. The first-order chi connectivity index (χ1) is 8.00. The van der Waals surface area contributed by atoms with E-state index in [1.54, 1.807) is 20.8 Å². The third kappa shape index (κ3) is 4.18. The van der Waals surface area contributed by atoms with Gasteiger partial charge in [-0.25, -0.2) is 15.6 Å². The highest BCUT2D eigenvalue weighted by Gasteiger charge is 2.38. The van der Waals surface area contributed by atoms with Gasteiger partial charge in [0.1, 0.15) is 5.60 Å². The molecule has 104 valence electrons. The molecule has 1 aliphatic heterocycles. The van der Waals surface area contributed by atoms with Crippen molar-refractivity contribution in [2.75, 3.05) is 6.54 Å². The molecule has 1 unspecified atom stereocenters. The van der Waals surface area contributed by atoms with E-state index in [0.717, 1.165) is 5.01 Å². The predicted molar refractivity (Wildman–Crippen MR) is 67.5 cm³/mol. The number of amides is 2. The van der Waals surface area contributed by atoms with Crippen LogP contribution in [0.2, 0.25) is 0 Å². The second kappa shape index (κ2) is 4.76. The van der Waals surface area contributed by atoms with Gasteiger partial charge in [0.05, 0.1) is 12.5 Å². The Labute approximate surface area is 108 Å². The topological polar surface area (TPSA) is 84.7 Å². The summed E-state index contributed by atoms with van der Waals surface area (Å²) >= 11 is 0. The van der Waals surface area contributed by atoms with E-state index in [1.807, 2.05) is 13.8 Å². The molecule has 1 aliphatic rings. The zero-order valence-corrected chi connectivity index (χ0v) is 11.7. The fourth-order valence-electron chi connectivity index (χ4n) is 1.98. The average molecular weight is 257 g/mol. The Bertz CT molecular complexity index is 347. The van der Waals surface area contributed by atoms with Crippen molar-refractivity contribution in [3.05, 3.63) is 0 Å². The van der Waals surface area contributed by atoms with Crippen molar-refractivity contribution in [1.82, 2.24) is 10.3 Å². The van der Waals surface area contributed by atoms with E-state index < -0.39 is 11.7 Å². The number of carbonyl (C=O) groups excluding carboxylic acids is 2. The monoisotopic (exact) mass is 257 g/mol. The van der Waals surface area contributed by atoms with Crippen LogP contribution in [0.1, 0.15) is 41.0 Å². The number of hydrogen-bond acceptors (Lipinski definition) is 4. The molecule has 1 fully saturated rings. The molecule has 1 saturated heterocycles.